The number of pyridine rings is 1. The highest BCUT2D eigenvalue weighted by atomic mass is 16.4. The summed E-state index contributed by atoms with van der Waals surface area (Å²) in [6.45, 7) is 2.68. The fourth-order valence-corrected chi connectivity index (χ4v) is 3.29. The van der Waals surface area contributed by atoms with Gasteiger partial charge in [0.15, 0.2) is 0 Å². The van der Waals surface area contributed by atoms with Crippen molar-refractivity contribution in [2.24, 2.45) is 11.8 Å². The number of carboxylic acid groups (broad SMARTS) is 1. The number of nitrogens with zero attached hydrogens (tertiary/aromatic N) is 3. The first-order chi connectivity index (χ1) is 11.2. The Labute approximate surface area is 135 Å². The third-order valence-corrected chi connectivity index (χ3v) is 4.63. The van der Waals surface area contributed by atoms with Gasteiger partial charge < -0.3 is 14.9 Å². The number of hydrogen-bond donors (Lipinski definition) is 1. The maximum absolute atomic E-state index is 12.7. The summed E-state index contributed by atoms with van der Waals surface area (Å²) in [5.41, 5.74) is 0. The highest BCUT2D eigenvalue weighted by molar-refractivity contribution is 5.85. The second-order valence-electron chi connectivity index (χ2n) is 5.99. The van der Waals surface area contributed by atoms with Crippen molar-refractivity contribution in [1.82, 2.24) is 9.88 Å². The summed E-state index contributed by atoms with van der Waals surface area (Å²) in [7, 11) is 0. The molecule has 0 bridgehead atoms. The number of allylic oxidation sites excluding steroid dienone is 2. The fraction of sp³-hybridized carbons (Fsp3) is 0.471. The van der Waals surface area contributed by atoms with E-state index < -0.39 is 17.8 Å². The molecule has 23 heavy (non-hydrogen) atoms. The van der Waals surface area contributed by atoms with E-state index in [0.29, 0.717) is 25.9 Å². The molecular weight excluding hydrogens is 294 g/mol. The predicted octanol–water partition coefficient (Wildman–Crippen LogP) is 1.40. The molecule has 1 aromatic heterocycles. The molecule has 0 radical (unpaired) electrons. The van der Waals surface area contributed by atoms with Crippen molar-refractivity contribution in [2.75, 3.05) is 31.1 Å². The standard InChI is InChI=1S/C17H21N3O3/c21-16(13-5-1-2-6-14(13)17(22)23)20-11-9-19(10-12-20)15-7-3-4-8-18-15/h1-4,7-8,13-14H,5-6,9-12H2,(H,22,23)/t13-,14-/m1/s1. The van der Waals surface area contributed by atoms with Gasteiger partial charge in [-0.25, -0.2) is 4.98 Å². The van der Waals surface area contributed by atoms with Crippen LogP contribution in [0.15, 0.2) is 36.5 Å². The second kappa shape index (κ2) is 6.81. The molecule has 0 aromatic carbocycles. The number of aliphatic carboxylic acids is 1. The van der Waals surface area contributed by atoms with Crippen LogP contribution in [0.1, 0.15) is 12.8 Å². The van der Waals surface area contributed by atoms with Crippen LogP contribution in [0.2, 0.25) is 0 Å². The number of carbonyl (C=O) groups is 2. The van der Waals surface area contributed by atoms with Gasteiger partial charge in [0, 0.05) is 32.4 Å². The molecule has 1 amide bonds. The van der Waals surface area contributed by atoms with Crippen molar-refractivity contribution in [3.05, 3.63) is 36.5 Å². The van der Waals surface area contributed by atoms with Crippen LogP contribution in [0, 0.1) is 11.8 Å². The van der Waals surface area contributed by atoms with Crippen molar-refractivity contribution in [2.45, 2.75) is 12.8 Å². The zero-order chi connectivity index (χ0) is 16.2. The Kier molecular flexibility index (Phi) is 4.60. The molecule has 1 aromatic rings. The van der Waals surface area contributed by atoms with Crippen molar-refractivity contribution < 1.29 is 14.7 Å². The Morgan fingerprint density at radius 1 is 1.04 bits per heavy atom. The van der Waals surface area contributed by atoms with E-state index in [9.17, 15) is 14.7 Å². The Bertz CT molecular complexity index is 594. The number of amides is 1. The number of carboxylic acids is 1. The van der Waals surface area contributed by atoms with Crippen molar-refractivity contribution in [3.8, 4) is 0 Å². The monoisotopic (exact) mass is 315 g/mol. The summed E-state index contributed by atoms with van der Waals surface area (Å²) in [5.74, 6) is -1.01. The van der Waals surface area contributed by atoms with Crippen molar-refractivity contribution in [1.29, 1.82) is 0 Å². The summed E-state index contributed by atoms with van der Waals surface area (Å²) >= 11 is 0. The van der Waals surface area contributed by atoms with Gasteiger partial charge in [-0.15, -0.1) is 0 Å². The van der Waals surface area contributed by atoms with Gasteiger partial charge in [0.2, 0.25) is 5.91 Å². The van der Waals surface area contributed by atoms with Crippen molar-refractivity contribution >= 4 is 17.7 Å². The molecule has 6 nitrogen and oxygen atoms in total. The molecule has 2 aliphatic rings. The van der Waals surface area contributed by atoms with E-state index in [1.165, 1.54) is 0 Å². The van der Waals surface area contributed by atoms with Crippen LogP contribution in [0.25, 0.3) is 0 Å². The zero-order valence-corrected chi connectivity index (χ0v) is 13.0. The van der Waals surface area contributed by atoms with Crippen molar-refractivity contribution in [3.63, 3.8) is 0 Å². The molecule has 1 N–H and O–H groups in total. The molecule has 122 valence electrons. The van der Waals surface area contributed by atoms with Crippen LogP contribution in [-0.4, -0.2) is 53.0 Å². The van der Waals surface area contributed by atoms with Gasteiger partial charge in [0.05, 0.1) is 11.8 Å². The maximum Gasteiger partial charge on any atom is 0.307 e. The van der Waals surface area contributed by atoms with Crippen LogP contribution < -0.4 is 4.90 Å². The SMILES string of the molecule is O=C(O)[C@@H]1CC=CC[C@H]1C(=O)N1CCN(c2ccccn2)CC1. The number of hydrogen-bond acceptors (Lipinski definition) is 4. The molecule has 1 aliphatic heterocycles. The van der Waals surface area contributed by atoms with E-state index >= 15 is 0 Å². The largest absolute Gasteiger partial charge is 0.481 e. The van der Waals surface area contributed by atoms with Gasteiger partial charge in [-0.05, 0) is 25.0 Å². The second-order valence-corrected chi connectivity index (χ2v) is 5.99. The Balaban J connectivity index is 1.62. The third-order valence-electron chi connectivity index (χ3n) is 4.63. The van der Waals surface area contributed by atoms with Crippen LogP contribution in [0.4, 0.5) is 5.82 Å². The van der Waals surface area contributed by atoms with E-state index in [1.807, 2.05) is 30.4 Å². The summed E-state index contributed by atoms with van der Waals surface area (Å²) < 4.78 is 0. The van der Waals surface area contributed by atoms with E-state index in [0.717, 1.165) is 18.9 Å². The van der Waals surface area contributed by atoms with E-state index in [2.05, 4.69) is 9.88 Å². The van der Waals surface area contributed by atoms with Gasteiger partial charge in [0.1, 0.15) is 5.82 Å². The Morgan fingerprint density at radius 3 is 2.35 bits per heavy atom. The zero-order valence-electron chi connectivity index (χ0n) is 13.0. The predicted molar refractivity (Wildman–Crippen MR) is 86.0 cm³/mol. The maximum atomic E-state index is 12.7. The Hall–Kier alpha value is -2.37. The molecule has 1 saturated heterocycles. The van der Waals surface area contributed by atoms with Gasteiger partial charge in [-0.1, -0.05) is 18.2 Å². The molecular formula is C17H21N3O3. The van der Waals surface area contributed by atoms with Gasteiger partial charge in [-0.2, -0.15) is 0 Å². The first kappa shape index (κ1) is 15.5. The molecule has 2 heterocycles. The highest BCUT2D eigenvalue weighted by Crippen LogP contribution is 2.28. The van der Waals surface area contributed by atoms with E-state index in [4.69, 9.17) is 0 Å². The number of aromatic nitrogens is 1. The normalized spacial score (nSPS) is 24.5. The average molecular weight is 315 g/mol. The molecule has 0 spiro atoms. The highest BCUT2D eigenvalue weighted by Gasteiger charge is 2.37. The lowest BCUT2D eigenvalue weighted by atomic mass is 9.82. The molecule has 3 rings (SSSR count). The first-order valence-corrected chi connectivity index (χ1v) is 7.99. The summed E-state index contributed by atoms with van der Waals surface area (Å²) in [5, 5.41) is 9.33. The van der Waals surface area contributed by atoms with Gasteiger partial charge >= 0.3 is 5.97 Å². The number of rotatable bonds is 3. The number of anilines is 1. The lowest BCUT2D eigenvalue weighted by molar-refractivity contribution is -0.150. The van der Waals surface area contributed by atoms with Gasteiger partial charge in [0.25, 0.3) is 0 Å². The summed E-state index contributed by atoms with van der Waals surface area (Å²) in [6, 6.07) is 5.79. The topological polar surface area (TPSA) is 73.7 Å². The van der Waals surface area contributed by atoms with Crippen LogP contribution >= 0.6 is 0 Å². The van der Waals surface area contributed by atoms with Gasteiger partial charge in [-0.3, -0.25) is 9.59 Å². The van der Waals surface area contributed by atoms with Crippen LogP contribution in [0.3, 0.4) is 0 Å². The average Bonchev–Trinajstić information content (AvgIpc) is 2.62. The van der Waals surface area contributed by atoms with Crippen LogP contribution in [0.5, 0.6) is 0 Å². The molecule has 1 fully saturated rings. The molecule has 0 unspecified atom stereocenters. The number of carbonyl (C=O) groups excluding carboxylic acids is 1. The van der Waals surface area contributed by atoms with E-state index in [-0.39, 0.29) is 5.91 Å². The third kappa shape index (κ3) is 3.36. The molecule has 0 saturated carbocycles. The van der Waals surface area contributed by atoms with Crippen LogP contribution in [-0.2, 0) is 9.59 Å². The summed E-state index contributed by atoms with van der Waals surface area (Å²) in [6.07, 6.45) is 6.52. The molecule has 6 heteroatoms. The fourth-order valence-electron chi connectivity index (χ4n) is 3.29. The molecule has 1 aliphatic carbocycles. The minimum absolute atomic E-state index is 0.0255. The minimum atomic E-state index is -0.875. The quantitative estimate of drug-likeness (QED) is 0.854. The summed E-state index contributed by atoms with van der Waals surface area (Å²) in [4.78, 5) is 32.4. The first-order valence-electron chi connectivity index (χ1n) is 7.99. The molecule has 2 atom stereocenters. The number of piperazine rings is 1. The minimum Gasteiger partial charge on any atom is -0.481 e. The Morgan fingerprint density at radius 2 is 1.74 bits per heavy atom. The smallest absolute Gasteiger partial charge is 0.307 e. The van der Waals surface area contributed by atoms with E-state index in [1.54, 1.807) is 11.1 Å². The lowest BCUT2D eigenvalue weighted by Gasteiger charge is -2.38. The lowest BCUT2D eigenvalue weighted by Crippen LogP contribution is -2.52.